The maximum absolute atomic E-state index is 10.9. The number of carboxylic acid groups (broad SMARTS) is 1. The molecule has 0 heterocycles. The highest BCUT2D eigenvalue weighted by molar-refractivity contribution is 5.73. The molecule has 0 bridgehead atoms. The van der Waals surface area contributed by atoms with E-state index < -0.39 is 12.0 Å². The number of carboxylic acids is 1. The quantitative estimate of drug-likeness (QED) is 0.650. The van der Waals surface area contributed by atoms with Crippen LogP contribution in [0.4, 0.5) is 0 Å². The van der Waals surface area contributed by atoms with Gasteiger partial charge in [-0.15, -0.1) is 0 Å². The lowest BCUT2D eigenvalue weighted by molar-refractivity contribution is -0.140. The molecule has 0 rings (SSSR count). The number of aliphatic carboxylic acids is 1. The molecule has 0 amide bonds. The largest absolute Gasteiger partial charge is 0.480 e. The van der Waals surface area contributed by atoms with Gasteiger partial charge >= 0.3 is 5.97 Å². The van der Waals surface area contributed by atoms with Crippen LogP contribution in [0.15, 0.2) is 0 Å². The van der Waals surface area contributed by atoms with Crippen LogP contribution in [0.1, 0.15) is 27.2 Å². The van der Waals surface area contributed by atoms with Crippen LogP contribution in [0.25, 0.3) is 0 Å². The molecule has 4 heteroatoms. The van der Waals surface area contributed by atoms with E-state index in [1.807, 2.05) is 20.8 Å². The Hall–Kier alpha value is -0.610. The van der Waals surface area contributed by atoms with Crippen LogP contribution in [0.2, 0.25) is 0 Å². The molecule has 84 valence electrons. The summed E-state index contributed by atoms with van der Waals surface area (Å²) in [6.07, 6.45) is 0.826. The predicted octanol–water partition coefficient (Wildman–Crippen LogP) is 1.11. The Labute approximate surface area is 85.6 Å². The van der Waals surface area contributed by atoms with E-state index in [1.165, 1.54) is 0 Å². The Balaban J connectivity index is 3.96. The van der Waals surface area contributed by atoms with Crippen LogP contribution >= 0.6 is 0 Å². The molecule has 14 heavy (non-hydrogen) atoms. The lowest BCUT2D eigenvalue weighted by atomic mass is 10.0. The molecule has 4 nitrogen and oxygen atoms in total. The van der Waals surface area contributed by atoms with Crippen molar-refractivity contribution in [3.63, 3.8) is 0 Å². The fourth-order valence-electron chi connectivity index (χ4n) is 1.23. The lowest BCUT2D eigenvalue weighted by Gasteiger charge is -2.22. The minimum Gasteiger partial charge on any atom is -0.480 e. The van der Waals surface area contributed by atoms with Crippen LogP contribution in [-0.2, 0) is 9.53 Å². The SMILES string of the molecule is COCCC(C)NC(C(=O)O)C(C)C. The summed E-state index contributed by atoms with van der Waals surface area (Å²) in [5.74, 6) is -0.693. The summed E-state index contributed by atoms with van der Waals surface area (Å²) in [7, 11) is 1.64. The highest BCUT2D eigenvalue weighted by atomic mass is 16.5. The molecule has 0 radical (unpaired) electrons. The molecular formula is C10H21NO3. The van der Waals surface area contributed by atoms with Crippen molar-refractivity contribution in [2.75, 3.05) is 13.7 Å². The number of hydrogen-bond donors (Lipinski definition) is 2. The number of ether oxygens (including phenoxy) is 1. The third-order valence-electron chi connectivity index (χ3n) is 2.15. The van der Waals surface area contributed by atoms with Gasteiger partial charge in [-0.25, -0.2) is 0 Å². The fourth-order valence-corrected chi connectivity index (χ4v) is 1.23. The fraction of sp³-hybridized carbons (Fsp3) is 0.900. The molecule has 0 spiro atoms. The molecule has 0 aromatic carbocycles. The van der Waals surface area contributed by atoms with Gasteiger partial charge in [0, 0.05) is 19.8 Å². The molecule has 0 saturated carbocycles. The van der Waals surface area contributed by atoms with Gasteiger partial charge in [-0.3, -0.25) is 4.79 Å². The van der Waals surface area contributed by atoms with Crippen LogP contribution in [0, 0.1) is 5.92 Å². The summed E-state index contributed by atoms with van der Waals surface area (Å²) in [4.78, 5) is 10.9. The zero-order valence-corrected chi connectivity index (χ0v) is 9.41. The van der Waals surface area contributed by atoms with E-state index in [2.05, 4.69) is 5.32 Å². The van der Waals surface area contributed by atoms with Gasteiger partial charge in [-0.1, -0.05) is 13.8 Å². The first kappa shape index (κ1) is 13.4. The smallest absolute Gasteiger partial charge is 0.320 e. The van der Waals surface area contributed by atoms with Crippen molar-refractivity contribution >= 4 is 5.97 Å². The molecule has 0 aliphatic carbocycles. The zero-order chi connectivity index (χ0) is 11.1. The Morgan fingerprint density at radius 2 is 2.00 bits per heavy atom. The van der Waals surface area contributed by atoms with E-state index in [9.17, 15) is 4.79 Å². The van der Waals surface area contributed by atoms with E-state index >= 15 is 0 Å². The molecular weight excluding hydrogens is 182 g/mol. The first-order valence-corrected chi connectivity index (χ1v) is 4.96. The third-order valence-corrected chi connectivity index (χ3v) is 2.15. The van der Waals surface area contributed by atoms with Gasteiger partial charge in [0.05, 0.1) is 0 Å². The first-order chi connectivity index (χ1) is 6.49. The van der Waals surface area contributed by atoms with Gasteiger partial charge in [-0.2, -0.15) is 0 Å². The Bertz CT molecular complexity index is 171. The van der Waals surface area contributed by atoms with Crippen molar-refractivity contribution in [2.24, 2.45) is 5.92 Å². The van der Waals surface area contributed by atoms with E-state index in [-0.39, 0.29) is 12.0 Å². The summed E-state index contributed by atoms with van der Waals surface area (Å²) in [5, 5.41) is 12.0. The molecule has 0 aliphatic rings. The average Bonchev–Trinajstić information content (AvgIpc) is 2.09. The maximum Gasteiger partial charge on any atom is 0.320 e. The first-order valence-electron chi connectivity index (χ1n) is 4.96. The highest BCUT2D eigenvalue weighted by Gasteiger charge is 2.22. The second kappa shape index (κ2) is 6.79. The van der Waals surface area contributed by atoms with Crippen molar-refractivity contribution in [3.05, 3.63) is 0 Å². The Morgan fingerprint density at radius 1 is 1.43 bits per heavy atom. The van der Waals surface area contributed by atoms with Crippen LogP contribution in [0.5, 0.6) is 0 Å². The van der Waals surface area contributed by atoms with Crippen molar-refractivity contribution < 1.29 is 14.6 Å². The lowest BCUT2D eigenvalue weighted by Crippen LogP contribution is -2.45. The van der Waals surface area contributed by atoms with Gasteiger partial charge < -0.3 is 15.2 Å². The number of nitrogens with one attached hydrogen (secondary N) is 1. The number of carbonyl (C=O) groups is 1. The molecule has 0 aromatic heterocycles. The summed E-state index contributed by atoms with van der Waals surface area (Å²) < 4.78 is 4.93. The zero-order valence-electron chi connectivity index (χ0n) is 9.41. The molecule has 0 aliphatic heterocycles. The van der Waals surface area contributed by atoms with Gasteiger partial charge in [-0.05, 0) is 19.3 Å². The van der Waals surface area contributed by atoms with Crippen molar-refractivity contribution in [1.82, 2.24) is 5.32 Å². The van der Waals surface area contributed by atoms with Gasteiger partial charge in [0.15, 0.2) is 0 Å². The van der Waals surface area contributed by atoms with Crippen molar-refractivity contribution in [2.45, 2.75) is 39.3 Å². The maximum atomic E-state index is 10.9. The minimum absolute atomic E-state index is 0.0949. The molecule has 0 aromatic rings. The minimum atomic E-state index is -0.788. The Morgan fingerprint density at radius 3 is 2.36 bits per heavy atom. The Kier molecular flexibility index (Phi) is 6.49. The van der Waals surface area contributed by atoms with Crippen LogP contribution < -0.4 is 5.32 Å². The average molecular weight is 203 g/mol. The van der Waals surface area contributed by atoms with Gasteiger partial charge in [0.1, 0.15) is 6.04 Å². The normalized spacial score (nSPS) is 15.5. The van der Waals surface area contributed by atoms with E-state index in [0.717, 1.165) is 6.42 Å². The molecule has 2 N–H and O–H groups in total. The summed E-state index contributed by atoms with van der Waals surface area (Å²) in [6.45, 7) is 6.42. The van der Waals surface area contributed by atoms with E-state index in [4.69, 9.17) is 9.84 Å². The predicted molar refractivity (Wildman–Crippen MR) is 55.4 cm³/mol. The summed E-state index contributed by atoms with van der Waals surface area (Å²) in [6, 6.07) is -0.305. The standard InChI is InChI=1S/C10H21NO3/c1-7(2)9(10(12)13)11-8(3)5-6-14-4/h7-9,11H,5-6H2,1-4H3,(H,12,13). The summed E-state index contributed by atoms with van der Waals surface area (Å²) in [5.41, 5.74) is 0. The van der Waals surface area contributed by atoms with Crippen LogP contribution in [0.3, 0.4) is 0 Å². The molecule has 2 atom stereocenters. The van der Waals surface area contributed by atoms with E-state index in [1.54, 1.807) is 7.11 Å². The summed E-state index contributed by atoms with van der Waals surface area (Å²) >= 11 is 0. The van der Waals surface area contributed by atoms with Gasteiger partial charge in [0.2, 0.25) is 0 Å². The van der Waals surface area contributed by atoms with Crippen molar-refractivity contribution in [1.29, 1.82) is 0 Å². The van der Waals surface area contributed by atoms with Crippen LogP contribution in [-0.4, -0.2) is 36.9 Å². The molecule has 0 saturated heterocycles. The topological polar surface area (TPSA) is 58.6 Å². The number of hydrogen-bond acceptors (Lipinski definition) is 3. The molecule has 2 unspecified atom stereocenters. The second-order valence-electron chi connectivity index (χ2n) is 3.91. The van der Waals surface area contributed by atoms with Crippen molar-refractivity contribution in [3.8, 4) is 0 Å². The third kappa shape index (κ3) is 5.19. The number of rotatable bonds is 7. The monoisotopic (exact) mass is 203 g/mol. The molecule has 0 fully saturated rings. The second-order valence-corrected chi connectivity index (χ2v) is 3.91. The van der Waals surface area contributed by atoms with Gasteiger partial charge in [0.25, 0.3) is 0 Å². The number of methoxy groups -OCH3 is 1. The van der Waals surface area contributed by atoms with E-state index in [0.29, 0.717) is 6.61 Å². The highest BCUT2D eigenvalue weighted by Crippen LogP contribution is 2.04.